The van der Waals surface area contributed by atoms with Crippen molar-refractivity contribution in [1.82, 2.24) is 16.0 Å². The van der Waals surface area contributed by atoms with Crippen molar-refractivity contribution in [1.29, 1.82) is 0 Å². The number of nitrogens with one attached hydrogen (secondary N) is 3. The first-order chi connectivity index (χ1) is 9.13. The summed E-state index contributed by atoms with van der Waals surface area (Å²) in [5, 5.41) is 8.40. The van der Waals surface area contributed by atoms with Gasteiger partial charge in [0.05, 0.1) is 6.54 Å². The highest BCUT2D eigenvalue weighted by Gasteiger charge is 2.04. The molecule has 1 aromatic carbocycles. The van der Waals surface area contributed by atoms with E-state index in [-0.39, 0.29) is 11.8 Å². The molecule has 2 amide bonds. The smallest absolute Gasteiger partial charge is 0.251 e. The van der Waals surface area contributed by atoms with E-state index in [4.69, 9.17) is 0 Å². The Bertz CT molecular complexity index is 415. The predicted molar refractivity (Wildman–Crippen MR) is 75.1 cm³/mol. The van der Waals surface area contributed by atoms with Crippen molar-refractivity contribution in [2.24, 2.45) is 0 Å². The molecule has 0 aliphatic carbocycles. The fourth-order valence-electron chi connectivity index (χ4n) is 1.49. The van der Waals surface area contributed by atoms with E-state index in [0.717, 1.165) is 12.1 Å². The molecule has 5 heteroatoms. The van der Waals surface area contributed by atoms with Gasteiger partial charge in [0.25, 0.3) is 5.91 Å². The number of carbonyl (C=O) groups is 2. The number of amides is 2. The fraction of sp³-hybridized carbons (Fsp3) is 0.429. The minimum absolute atomic E-state index is 0.0635. The molecule has 0 saturated carbocycles. The van der Waals surface area contributed by atoms with Gasteiger partial charge >= 0.3 is 0 Å². The van der Waals surface area contributed by atoms with E-state index < -0.39 is 0 Å². The first kappa shape index (κ1) is 15.2. The summed E-state index contributed by atoms with van der Waals surface area (Å²) < 4.78 is 0. The standard InChI is InChI=1S/C14H21N3O2/c1-3-15-10-13(18)16-8-9-17-14(19)12-6-4-11(2)5-7-12/h4-7,15H,3,8-10H2,1-2H3,(H,16,18)(H,17,19). The highest BCUT2D eigenvalue weighted by Crippen LogP contribution is 2.02. The largest absolute Gasteiger partial charge is 0.353 e. The zero-order chi connectivity index (χ0) is 14.1. The van der Waals surface area contributed by atoms with Gasteiger partial charge in [0, 0.05) is 18.7 Å². The van der Waals surface area contributed by atoms with Crippen LogP contribution in [0.3, 0.4) is 0 Å². The number of likely N-dealkylation sites (N-methyl/N-ethyl adjacent to an activating group) is 1. The van der Waals surface area contributed by atoms with Gasteiger partial charge in [-0.25, -0.2) is 0 Å². The molecule has 3 N–H and O–H groups in total. The Labute approximate surface area is 113 Å². The fourth-order valence-corrected chi connectivity index (χ4v) is 1.49. The van der Waals surface area contributed by atoms with E-state index in [1.807, 2.05) is 26.0 Å². The van der Waals surface area contributed by atoms with Crippen molar-refractivity contribution in [3.63, 3.8) is 0 Å². The van der Waals surface area contributed by atoms with Crippen LogP contribution in [0.4, 0.5) is 0 Å². The van der Waals surface area contributed by atoms with E-state index >= 15 is 0 Å². The lowest BCUT2D eigenvalue weighted by Crippen LogP contribution is -2.38. The molecule has 0 bridgehead atoms. The molecule has 0 unspecified atom stereocenters. The topological polar surface area (TPSA) is 70.2 Å². The normalized spacial score (nSPS) is 10.0. The van der Waals surface area contributed by atoms with E-state index in [1.54, 1.807) is 12.1 Å². The van der Waals surface area contributed by atoms with Crippen LogP contribution in [0.25, 0.3) is 0 Å². The van der Waals surface area contributed by atoms with Crippen LogP contribution < -0.4 is 16.0 Å². The van der Waals surface area contributed by atoms with Crippen LogP contribution in [0, 0.1) is 6.92 Å². The Hall–Kier alpha value is -1.88. The maximum Gasteiger partial charge on any atom is 0.251 e. The van der Waals surface area contributed by atoms with Crippen LogP contribution in [0.2, 0.25) is 0 Å². The van der Waals surface area contributed by atoms with Crippen LogP contribution in [-0.2, 0) is 4.79 Å². The third-order valence-corrected chi connectivity index (χ3v) is 2.58. The number of hydrogen-bond donors (Lipinski definition) is 3. The van der Waals surface area contributed by atoms with E-state index in [1.165, 1.54) is 0 Å². The third kappa shape index (κ3) is 6.01. The van der Waals surface area contributed by atoms with Gasteiger partial charge in [0.15, 0.2) is 0 Å². The molecule has 1 aromatic rings. The maximum absolute atomic E-state index is 11.7. The molecule has 1 rings (SSSR count). The molecule has 0 radical (unpaired) electrons. The number of rotatable bonds is 7. The van der Waals surface area contributed by atoms with Crippen LogP contribution in [0.1, 0.15) is 22.8 Å². The summed E-state index contributed by atoms with van der Waals surface area (Å²) in [6.45, 7) is 5.84. The highest BCUT2D eigenvalue weighted by molar-refractivity contribution is 5.94. The second-order valence-electron chi connectivity index (χ2n) is 4.25. The van der Waals surface area contributed by atoms with E-state index in [0.29, 0.717) is 25.2 Å². The molecule has 0 aliphatic heterocycles. The Morgan fingerprint density at radius 2 is 1.68 bits per heavy atom. The molecule has 5 nitrogen and oxygen atoms in total. The summed E-state index contributed by atoms with van der Waals surface area (Å²) in [4.78, 5) is 23.0. The van der Waals surface area contributed by atoms with Crippen LogP contribution in [-0.4, -0.2) is 38.0 Å². The zero-order valence-electron chi connectivity index (χ0n) is 11.5. The average molecular weight is 263 g/mol. The second kappa shape index (κ2) is 8.26. The number of benzene rings is 1. The lowest BCUT2D eigenvalue weighted by Gasteiger charge is -2.07. The summed E-state index contributed by atoms with van der Waals surface area (Å²) >= 11 is 0. The van der Waals surface area contributed by atoms with E-state index in [2.05, 4.69) is 16.0 Å². The Balaban J connectivity index is 2.20. The average Bonchev–Trinajstić information content (AvgIpc) is 2.41. The Kier molecular flexibility index (Phi) is 6.60. The van der Waals surface area contributed by atoms with Crippen molar-refractivity contribution in [2.75, 3.05) is 26.2 Å². The second-order valence-corrected chi connectivity index (χ2v) is 4.25. The summed E-state index contributed by atoms with van der Waals surface area (Å²) in [7, 11) is 0. The summed E-state index contributed by atoms with van der Waals surface area (Å²) in [5.74, 6) is -0.188. The molecule has 0 atom stereocenters. The lowest BCUT2D eigenvalue weighted by atomic mass is 10.1. The monoisotopic (exact) mass is 263 g/mol. The molecule has 0 heterocycles. The van der Waals surface area contributed by atoms with Gasteiger partial charge in [-0.05, 0) is 25.6 Å². The van der Waals surface area contributed by atoms with Crippen molar-refractivity contribution in [2.45, 2.75) is 13.8 Å². The minimum atomic E-state index is -0.124. The number of carbonyl (C=O) groups excluding carboxylic acids is 2. The third-order valence-electron chi connectivity index (χ3n) is 2.58. The molecule has 0 aromatic heterocycles. The summed E-state index contributed by atoms with van der Waals surface area (Å²) in [5.41, 5.74) is 1.75. The molecule has 19 heavy (non-hydrogen) atoms. The highest BCUT2D eigenvalue weighted by atomic mass is 16.2. The van der Waals surface area contributed by atoms with Crippen LogP contribution >= 0.6 is 0 Å². The molecule has 0 saturated heterocycles. The predicted octanol–water partition coefficient (Wildman–Crippen LogP) is 0.451. The van der Waals surface area contributed by atoms with Gasteiger partial charge in [-0.3, -0.25) is 9.59 Å². The molecular weight excluding hydrogens is 242 g/mol. The van der Waals surface area contributed by atoms with Gasteiger partial charge in [-0.15, -0.1) is 0 Å². The number of hydrogen-bond acceptors (Lipinski definition) is 3. The quantitative estimate of drug-likeness (QED) is 0.626. The van der Waals surface area contributed by atoms with Crippen molar-refractivity contribution < 1.29 is 9.59 Å². The lowest BCUT2D eigenvalue weighted by molar-refractivity contribution is -0.120. The molecule has 0 aliphatic rings. The van der Waals surface area contributed by atoms with Gasteiger partial charge in [0.1, 0.15) is 0 Å². The summed E-state index contributed by atoms with van der Waals surface area (Å²) in [6.07, 6.45) is 0. The summed E-state index contributed by atoms with van der Waals surface area (Å²) in [6, 6.07) is 7.36. The Morgan fingerprint density at radius 3 is 2.32 bits per heavy atom. The van der Waals surface area contributed by atoms with Crippen molar-refractivity contribution in [3.05, 3.63) is 35.4 Å². The molecule has 0 fully saturated rings. The SMILES string of the molecule is CCNCC(=O)NCCNC(=O)c1ccc(C)cc1. The van der Waals surface area contributed by atoms with Gasteiger partial charge in [-0.2, -0.15) is 0 Å². The van der Waals surface area contributed by atoms with Gasteiger partial charge in [0.2, 0.25) is 5.91 Å². The molecular formula is C14H21N3O2. The first-order valence-electron chi connectivity index (χ1n) is 6.45. The molecule has 104 valence electrons. The Morgan fingerprint density at radius 1 is 1.05 bits per heavy atom. The van der Waals surface area contributed by atoms with Crippen LogP contribution in [0.5, 0.6) is 0 Å². The van der Waals surface area contributed by atoms with Crippen molar-refractivity contribution >= 4 is 11.8 Å². The van der Waals surface area contributed by atoms with Gasteiger partial charge < -0.3 is 16.0 Å². The zero-order valence-corrected chi connectivity index (χ0v) is 11.5. The van der Waals surface area contributed by atoms with Crippen molar-refractivity contribution in [3.8, 4) is 0 Å². The maximum atomic E-state index is 11.7. The molecule has 0 spiro atoms. The first-order valence-corrected chi connectivity index (χ1v) is 6.45. The minimum Gasteiger partial charge on any atom is -0.353 e. The van der Waals surface area contributed by atoms with Crippen LogP contribution in [0.15, 0.2) is 24.3 Å². The van der Waals surface area contributed by atoms with Gasteiger partial charge in [-0.1, -0.05) is 24.6 Å². The number of aryl methyl sites for hydroxylation is 1. The van der Waals surface area contributed by atoms with E-state index in [9.17, 15) is 9.59 Å².